The van der Waals surface area contributed by atoms with Gasteiger partial charge in [-0.1, -0.05) is 18.3 Å². The minimum Gasteiger partial charge on any atom is -0.273 e. The molecule has 0 bridgehead atoms. The maximum atomic E-state index is 11.0. The van der Waals surface area contributed by atoms with Crippen LogP contribution in [-0.4, -0.2) is 24.1 Å². The maximum absolute atomic E-state index is 11.0. The van der Waals surface area contributed by atoms with Gasteiger partial charge in [0.15, 0.2) is 0 Å². The lowest BCUT2D eigenvalue weighted by atomic mass is 10.5. The number of rotatable bonds is 2. The Hall–Kier alpha value is -1.06. The number of aromatic nitrogens is 2. The van der Waals surface area contributed by atoms with E-state index in [1.54, 1.807) is 6.92 Å². The second-order valence-corrected chi connectivity index (χ2v) is 5.37. The summed E-state index contributed by atoms with van der Waals surface area (Å²) in [6, 6.07) is 0. The fourth-order valence-corrected chi connectivity index (χ4v) is 2.29. The van der Waals surface area contributed by atoms with Crippen molar-refractivity contribution in [2.75, 3.05) is 0 Å². The molecule has 0 saturated carbocycles. The van der Waals surface area contributed by atoms with E-state index in [-0.39, 0.29) is 21.5 Å². The second kappa shape index (κ2) is 4.21. The maximum Gasteiger partial charge on any atom is 0.267 e. The summed E-state index contributed by atoms with van der Waals surface area (Å²) in [7, 11) is -2.34. The monoisotopic (exact) mass is 250 g/mol. The van der Waals surface area contributed by atoms with Gasteiger partial charge in [-0.05, 0) is 0 Å². The van der Waals surface area contributed by atoms with Crippen LogP contribution in [0, 0.1) is 0 Å². The summed E-state index contributed by atoms with van der Waals surface area (Å²) in [5.41, 5.74) is 0. The molecule has 9 heteroatoms. The number of hydrogen-bond donors (Lipinski definition) is 1. The van der Waals surface area contributed by atoms with Crippen LogP contribution >= 0.6 is 11.3 Å². The van der Waals surface area contributed by atoms with Crippen LogP contribution in [0.3, 0.4) is 0 Å². The quantitative estimate of drug-likeness (QED) is 0.723. The topological polar surface area (TPSA) is 107 Å². The average molecular weight is 250 g/mol. The Balaban J connectivity index is 3.30. The average Bonchev–Trinajstić information content (AvgIpc) is 2.47. The molecule has 7 nitrogen and oxygen atoms in total. The number of nitrogens with two attached hydrogens (primary N) is 1. The molecule has 2 N–H and O–H groups in total. The molecule has 0 aliphatic rings. The fraction of sp³-hybridized carbons (Fsp3) is 0.500. The number of carbonyl (C=O) groups is 1. The zero-order valence-electron chi connectivity index (χ0n) is 8.17. The molecular weight excluding hydrogens is 240 g/mol. The van der Waals surface area contributed by atoms with E-state index in [4.69, 9.17) is 5.14 Å². The first-order chi connectivity index (χ1) is 6.84. The third-order valence-corrected chi connectivity index (χ3v) is 3.76. The highest BCUT2D eigenvalue weighted by Gasteiger charge is 2.14. The smallest absolute Gasteiger partial charge is 0.267 e. The van der Waals surface area contributed by atoms with Crippen LogP contribution in [0.4, 0.5) is 0 Å². The van der Waals surface area contributed by atoms with E-state index < -0.39 is 10.0 Å². The zero-order valence-corrected chi connectivity index (χ0v) is 9.80. The van der Waals surface area contributed by atoms with E-state index in [2.05, 4.69) is 10.1 Å². The predicted molar refractivity (Wildman–Crippen MR) is 53.3 cm³/mol. The Labute approximate surface area is 90.3 Å². The molecule has 1 aromatic rings. The molecule has 1 amide bonds. The molecule has 84 valence electrons. The molecule has 1 heterocycles. The van der Waals surface area contributed by atoms with Crippen molar-refractivity contribution in [3.63, 3.8) is 0 Å². The van der Waals surface area contributed by atoms with Gasteiger partial charge in [0.1, 0.15) is 0 Å². The summed E-state index contributed by atoms with van der Waals surface area (Å²) in [5, 5.41) is 8.53. The lowest BCUT2D eigenvalue weighted by molar-refractivity contribution is -0.117. The summed E-state index contributed by atoms with van der Waals surface area (Å²) in [5.74, 6) is -0.338. The van der Waals surface area contributed by atoms with Crippen LogP contribution < -0.4 is 9.94 Å². The molecule has 1 aromatic heterocycles. The first-order valence-electron chi connectivity index (χ1n) is 3.99. The molecule has 0 aromatic carbocycles. The molecule has 0 fully saturated rings. The van der Waals surface area contributed by atoms with Gasteiger partial charge in [0.25, 0.3) is 10.0 Å². The minimum absolute atomic E-state index is 0.214. The van der Waals surface area contributed by atoms with Gasteiger partial charge in [0.05, 0.1) is 0 Å². The Morgan fingerprint density at radius 2 is 2.27 bits per heavy atom. The zero-order chi connectivity index (χ0) is 11.6. The van der Waals surface area contributed by atoms with E-state index in [1.165, 1.54) is 11.7 Å². The molecule has 0 atom stereocenters. The van der Waals surface area contributed by atoms with Gasteiger partial charge in [-0.2, -0.15) is 4.99 Å². The highest BCUT2D eigenvalue weighted by atomic mass is 32.2. The fourth-order valence-electron chi connectivity index (χ4n) is 0.726. The number of primary sulfonamides is 1. The standard InChI is InChI=1S/C6H10N4O3S2/c1-3-4(11)8-5-10(2)9-6(14-5)15(7,12)13/h3H2,1-2H3,(H2,7,12,13)/b8-5+. The van der Waals surface area contributed by atoms with E-state index in [9.17, 15) is 13.2 Å². The van der Waals surface area contributed by atoms with Crippen LogP contribution in [0.5, 0.6) is 0 Å². The molecular formula is C6H10N4O3S2. The van der Waals surface area contributed by atoms with Gasteiger partial charge in [0.2, 0.25) is 15.0 Å². The van der Waals surface area contributed by atoms with Gasteiger partial charge >= 0.3 is 0 Å². The molecule has 0 saturated heterocycles. The summed E-state index contributed by atoms with van der Waals surface area (Å²) in [4.78, 5) is 14.9. The van der Waals surface area contributed by atoms with Crippen molar-refractivity contribution in [1.29, 1.82) is 0 Å². The van der Waals surface area contributed by atoms with Crippen molar-refractivity contribution in [1.82, 2.24) is 9.78 Å². The van der Waals surface area contributed by atoms with Crippen molar-refractivity contribution in [2.45, 2.75) is 17.7 Å². The first kappa shape index (κ1) is 12.0. The third kappa shape index (κ3) is 2.94. The van der Waals surface area contributed by atoms with E-state index in [0.717, 1.165) is 11.3 Å². The summed E-state index contributed by atoms with van der Waals surface area (Å²) >= 11 is 0.762. The number of sulfonamides is 1. The predicted octanol–water partition coefficient (Wildman–Crippen LogP) is -1.03. The first-order valence-corrected chi connectivity index (χ1v) is 6.35. The van der Waals surface area contributed by atoms with E-state index in [0.29, 0.717) is 0 Å². The third-order valence-electron chi connectivity index (χ3n) is 1.45. The van der Waals surface area contributed by atoms with Gasteiger partial charge in [-0.15, -0.1) is 5.10 Å². The van der Waals surface area contributed by atoms with Crippen LogP contribution in [0.15, 0.2) is 9.33 Å². The van der Waals surface area contributed by atoms with E-state index in [1.807, 2.05) is 0 Å². The number of aryl methyl sites for hydroxylation is 1. The van der Waals surface area contributed by atoms with Gasteiger partial charge in [-0.3, -0.25) is 4.79 Å². The van der Waals surface area contributed by atoms with Crippen LogP contribution in [-0.2, 0) is 21.9 Å². The number of carbonyl (C=O) groups excluding carboxylic acids is 1. The molecule has 0 aliphatic heterocycles. The van der Waals surface area contributed by atoms with Crippen molar-refractivity contribution in [3.05, 3.63) is 4.80 Å². The minimum atomic E-state index is -3.83. The van der Waals surface area contributed by atoms with Crippen LogP contribution in [0.2, 0.25) is 0 Å². The van der Waals surface area contributed by atoms with E-state index >= 15 is 0 Å². The normalized spacial score (nSPS) is 13.1. The molecule has 0 spiro atoms. The van der Waals surface area contributed by atoms with Gasteiger partial charge in [-0.25, -0.2) is 18.2 Å². The summed E-state index contributed by atoms with van der Waals surface area (Å²) in [6.07, 6.45) is 0.253. The highest BCUT2D eigenvalue weighted by molar-refractivity contribution is 7.91. The molecule has 0 radical (unpaired) electrons. The Bertz CT molecular complexity index is 539. The second-order valence-electron chi connectivity index (χ2n) is 2.68. The number of amides is 1. The largest absolute Gasteiger partial charge is 0.273 e. The Morgan fingerprint density at radius 3 is 2.67 bits per heavy atom. The summed E-state index contributed by atoms with van der Waals surface area (Å²) in [6.45, 7) is 1.66. The molecule has 1 rings (SSSR count). The van der Waals surface area contributed by atoms with Crippen molar-refractivity contribution >= 4 is 27.3 Å². The Kier molecular flexibility index (Phi) is 3.37. The Morgan fingerprint density at radius 1 is 1.67 bits per heavy atom. The van der Waals surface area contributed by atoms with Gasteiger partial charge < -0.3 is 0 Å². The van der Waals surface area contributed by atoms with Crippen molar-refractivity contribution in [3.8, 4) is 0 Å². The lowest BCUT2D eigenvalue weighted by Crippen LogP contribution is -2.14. The van der Waals surface area contributed by atoms with Crippen molar-refractivity contribution in [2.24, 2.45) is 17.2 Å². The molecule has 15 heavy (non-hydrogen) atoms. The lowest BCUT2D eigenvalue weighted by Gasteiger charge is -1.87. The molecule has 0 unspecified atom stereocenters. The van der Waals surface area contributed by atoms with Crippen molar-refractivity contribution < 1.29 is 13.2 Å². The summed E-state index contributed by atoms with van der Waals surface area (Å²) < 4.78 is 22.8. The van der Waals surface area contributed by atoms with Gasteiger partial charge in [0, 0.05) is 13.5 Å². The number of nitrogens with zero attached hydrogens (tertiary/aromatic N) is 3. The van der Waals surface area contributed by atoms with Crippen LogP contribution in [0.25, 0.3) is 0 Å². The highest BCUT2D eigenvalue weighted by Crippen LogP contribution is 2.04. The SMILES string of the molecule is CCC(=O)/N=c1/sc(S(N)(=O)=O)nn1C. The van der Waals surface area contributed by atoms with Crippen LogP contribution in [0.1, 0.15) is 13.3 Å². The molecule has 0 aliphatic carbocycles. The number of hydrogen-bond acceptors (Lipinski definition) is 5.